The zero-order valence-electron chi connectivity index (χ0n) is 25.5. The van der Waals surface area contributed by atoms with E-state index in [-0.39, 0.29) is 30.5 Å². The SMILES string of the molecule is CC(C)(C)ON(C=O)C(Cc1ccccc1)C(CN(CC1CCCCC1)C(=O)C(F)(F)F)O[Si](C)(C)C(C)(C)C. The fraction of sp³-hybridized carbons (Fsp3) is 0.733. The number of hydrogen-bond donors (Lipinski definition) is 0. The Labute approximate surface area is 239 Å². The molecule has 6 nitrogen and oxygen atoms in total. The Morgan fingerprint density at radius 2 is 1.60 bits per heavy atom. The number of hydrogen-bond acceptors (Lipinski definition) is 4. The van der Waals surface area contributed by atoms with Crippen LogP contribution in [0, 0.1) is 5.92 Å². The molecule has 0 heterocycles. The van der Waals surface area contributed by atoms with Gasteiger partial charge in [0, 0.05) is 13.1 Å². The van der Waals surface area contributed by atoms with Gasteiger partial charge in [-0.2, -0.15) is 13.2 Å². The molecular formula is C30H49F3N2O4Si. The first kappa shape index (κ1) is 34.3. The molecule has 0 bridgehead atoms. The molecule has 1 aromatic carbocycles. The van der Waals surface area contributed by atoms with Gasteiger partial charge in [0.25, 0.3) is 0 Å². The maximum absolute atomic E-state index is 13.9. The highest BCUT2D eigenvalue weighted by atomic mass is 28.4. The van der Waals surface area contributed by atoms with Crippen LogP contribution in [0.5, 0.6) is 0 Å². The Bertz CT molecular complexity index is 939. The number of alkyl halides is 3. The topological polar surface area (TPSA) is 59.1 Å². The van der Waals surface area contributed by atoms with Crippen molar-refractivity contribution < 1.29 is 32.0 Å². The van der Waals surface area contributed by atoms with Crippen LogP contribution in [0.2, 0.25) is 18.1 Å². The highest BCUT2D eigenvalue weighted by Crippen LogP contribution is 2.39. The number of benzene rings is 1. The highest BCUT2D eigenvalue weighted by molar-refractivity contribution is 6.74. The summed E-state index contributed by atoms with van der Waals surface area (Å²) in [6.45, 7) is 15.3. The minimum absolute atomic E-state index is 0.00542. The molecule has 10 heteroatoms. The summed E-state index contributed by atoms with van der Waals surface area (Å²) in [7, 11) is -2.58. The van der Waals surface area contributed by atoms with Gasteiger partial charge in [0.15, 0.2) is 8.32 Å². The Kier molecular flexibility index (Phi) is 11.9. The molecule has 0 N–H and O–H groups in total. The van der Waals surface area contributed by atoms with Gasteiger partial charge >= 0.3 is 12.1 Å². The van der Waals surface area contributed by atoms with Crippen LogP contribution >= 0.6 is 0 Å². The lowest BCUT2D eigenvalue weighted by Crippen LogP contribution is -2.58. The van der Waals surface area contributed by atoms with Crippen molar-refractivity contribution in [3.63, 3.8) is 0 Å². The van der Waals surface area contributed by atoms with Gasteiger partial charge in [0.2, 0.25) is 6.41 Å². The van der Waals surface area contributed by atoms with E-state index in [1.807, 2.05) is 64.2 Å². The third kappa shape index (κ3) is 10.5. The number of hydroxylamine groups is 2. The van der Waals surface area contributed by atoms with Gasteiger partial charge < -0.3 is 9.33 Å². The fourth-order valence-electron chi connectivity index (χ4n) is 4.84. The summed E-state index contributed by atoms with van der Waals surface area (Å²) in [5.41, 5.74) is 0.127. The van der Waals surface area contributed by atoms with Gasteiger partial charge in [-0.3, -0.25) is 14.4 Å². The smallest absolute Gasteiger partial charge is 0.410 e. The predicted octanol–water partition coefficient (Wildman–Crippen LogP) is 7.15. The van der Waals surface area contributed by atoms with E-state index in [0.29, 0.717) is 6.41 Å². The lowest BCUT2D eigenvalue weighted by Gasteiger charge is -2.45. The second-order valence-corrected chi connectivity index (χ2v) is 18.3. The van der Waals surface area contributed by atoms with Gasteiger partial charge in [-0.1, -0.05) is 70.4 Å². The third-order valence-electron chi connectivity index (χ3n) is 7.91. The lowest BCUT2D eigenvalue weighted by molar-refractivity contribution is -0.243. The van der Waals surface area contributed by atoms with E-state index in [1.165, 1.54) is 5.06 Å². The lowest BCUT2D eigenvalue weighted by atomic mass is 9.88. The van der Waals surface area contributed by atoms with Crippen molar-refractivity contribution in [1.29, 1.82) is 0 Å². The van der Waals surface area contributed by atoms with Gasteiger partial charge in [-0.05, 0) is 69.6 Å². The van der Waals surface area contributed by atoms with E-state index in [1.54, 1.807) is 20.8 Å². The minimum Gasteiger partial charge on any atom is -0.410 e. The first-order valence-corrected chi connectivity index (χ1v) is 17.3. The number of nitrogens with zero attached hydrogens (tertiary/aromatic N) is 2. The molecule has 1 aromatic rings. The summed E-state index contributed by atoms with van der Waals surface area (Å²) < 4.78 is 48.5. The Morgan fingerprint density at radius 3 is 2.08 bits per heavy atom. The van der Waals surface area contributed by atoms with Gasteiger partial charge in [0.1, 0.15) is 0 Å². The fourth-order valence-corrected chi connectivity index (χ4v) is 6.18. The monoisotopic (exact) mass is 586 g/mol. The molecule has 1 saturated carbocycles. The Balaban J connectivity index is 2.60. The molecule has 0 aliphatic heterocycles. The third-order valence-corrected chi connectivity index (χ3v) is 12.4. The molecule has 40 heavy (non-hydrogen) atoms. The average molecular weight is 587 g/mol. The van der Waals surface area contributed by atoms with Crippen LogP contribution in [0.1, 0.15) is 79.2 Å². The van der Waals surface area contributed by atoms with Crippen molar-refractivity contribution in [2.45, 2.75) is 122 Å². The number of halogens is 3. The quantitative estimate of drug-likeness (QED) is 0.148. The van der Waals surface area contributed by atoms with E-state index < -0.39 is 38.1 Å². The number of carbonyl (C=O) groups is 2. The van der Waals surface area contributed by atoms with Crippen molar-refractivity contribution in [3.05, 3.63) is 35.9 Å². The van der Waals surface area contributed by atoms with Gasteiger partial charge in [-0.15, -0.1) is 0 Å². The molecular weight excluding hydrogens is 537 g/mol. The largest absolute Gasteiger partial charge is 0.471 e. The molecule has 1 fully saturated rings. The van der Waals surface area contributed by atoms with Crippen molar-refractivity contribution >= 4 is 20.6 Å². The summed E-state index contributed by atoms with van der Waals surface area (Å²) in [5, 5.41) is 0.920. The molecule has 2 unspecified atom stereocenters. The van der Waals surface area contributed by atoms with E-state index in [4.69, 9.17) is 9.26 Å². The molecule has 0 radical (unpaired) electrons. The molecule has 0 spiro atoms. The molecule has 2 rings (SSSR count). The van der Waals surface area contributed by atoms with Crippen molar-refractivity contribution in [2.75, 3.05) is 13.1 Å². The predicted molar refractivity (Wildman–Crippen MR) is 154 cm³/mol. The van der Waals surface area contributed by atoms with Crippen LogP contribution in [-0.4, -0.2) is 67.6 Å². The minimum atomic E-state index is -5.02. The first-order chi connectivity index (χ1) is 18.3. The normalized spacial score (nSPS) is 17.3. The van der Waals surface area contributed by atoms with Crippen LogP contribution in [0.3, 0.4) is 0 Å². The van der Waals surface area contributed by atoms with Crippen molar-refractivity contribution in [1.82, 2.24) is 9.96 Å². The van der Waals surface area contributed by atoms with Gasteiger partial charge in [0.05, 0.1) is 17.7 Å². The van der Waals surface area contributed by atoms with Gasteiger partial charge in [-0.25, -0.2) is 5.06 Å². The molecule has 0 saturated heterocycles. The Hall–Kier alpha value is -1.91. The van der Waals surface area contributed by atoms with E-state index >= 15 is 0 Å². The summed E-state index contributed by atoms with van der Waals surface area (Å²) in [6, 6.07) is 8.64. The maximum atomic E-state index is 13.9. The molecule has 2 amide bonds. The molecule has 1 aliphatic rings. The van der Waals surface area contributed by atoms with Crippen LogP contribution in [0.15, 0.2) is 30.3 Å². The zero-order chi connectivity index (χ0) is 30.4. The Morgan fingerprint density at radius 1 is 1.02 bits per heavy atom. The van der Waals surface area contributed by atoms with Crippen molar-refractivity contribution in [2.24, 2.45) is 5.92 Å². The average Bonchev–Trinajstić information content (AvgIpc) is 2.84. The standard InChI is InChI=1S/C30H49F3N2O4Si/c1-28(2,3)39-35(22-36)25(19-23-15-11-9-12-16-23)26(38-40(7,8)29(4,5)6)21-34(27(37)30(31,32)33)20-24-17-13-10-14-18-24/h9,11-12,15-16,22,24-26H,10,13-14,17-21H2,1-8H3. The number of carbonyl (C=O) groups excluding carboxylic acids is 2. The molecule has 0 aromatic heterocycles. The second kappa shape index (κ2) is 13.8. The van der Waals surface area contributed by atoms with Crippen LogP contribution in [-0.2, 0) is 25.3 Å². The highest BCUT2D eigenvalue weighted by Gasteiger charge is 2.47. The van der Waals surface area contributed by atoms with Crippen LogP contribution in [0.4, 0.5) is 13.2 Å². The summed E-state index contributed by atoms with van der Waals surface area (Å²) >= 11 is 0. The van der Waals surface area contributed by atoms with E-state index in [2.05, 4.69) is 0 Å². The van der Waals surface area contributed by atoms with Crippen molar-refractivity contribution in [3.8, 4) is 0 Å². The summed E-state index contributed by atoms with van der Waals surface area (Å²) in [6.07, 6.45) is -0.564. The summed E-state index contributed by atoms with van der Waals surface area (Å²) in [4.78, 5) is 32.3. The molecule has 228 valence electrons. The first-order valence-electron chi connectivity index (χ1n) is 14.3. The van der Waals surface area contributed by atoms with Crippen LogP contribution in [0.25, 0.3) is 0 Å². The second-order valence-electron chi connectivity index (χ2n) is 13.6. The molecule has 1 aliphatic carbocycles. The van der Waals surface area contributed by atoms with E-state index in [9.17, 15) is 22.8 Å². The number of amides is 2. The van der Waals surface area contributed by atoms with E-state index in [0.717, 1.165) is 42.6 Å². The van der Waals surface area contributed by atoms with Crippen LogP contribution < -0.4 is 0 Å². The zero-order valence-corrected chi connectivity index (χ0v) is 26.5. The maximum Gasteiger partial charge on any atom is 0.471 e. The summed E-state index contributed by atoms with van der Waals surface area (Å²) in [5.74, 6) is -1.87. The molecule has 2 atom stereocenters. The number of rotatable bonds is 12.